The maximum Gasteiger partial charge on any atom is 0.0951 e. The molecule has 0 saturated carbocycles. The molecule has 86 valence electrons. The molecule has 1 aromatic rings. The number of ether oxygens (including phenoxy) is 1. The normalized spacial score (nSPS) is 11.2. The zero-order valence-corrected chi connectivity index (χ0v) is 10.9. The molecule has 0 radical (unpaired) electrons. The first-order valence-electron chi connectivity index (χ1n) is 5.29. The van der Waals surface area contributed by atoms with Crippen molar-refractivity contribution in [3.05, 3.63) is 16.1 Å². The molecule has 0 unspecified atom stereocenters. The minimum atomic E-state index is 0.505. The van der Waals surface area contributed by atoms with Gasteiger partial charge in [-0.15, -0.1) is 22.9 Å². The smallest absolute Gasteiger partial charge is 0.0951 e. The van der Waals surface area contributed by atoms with E-state index >= 15 is 0 Å². The van der Waals surface area contributed by atoms with Crippen molar-refractivity contribution in [3.63, 3.8) is 0 Å². The summed E-state index contributed by atoms with van der Waals surface area (Å²) in [6.45, 7) is 6.03. The molecular formula is C11H18ClNOS. The number of alkyl halides is 1. The first-order valence-corrected chi connectivity index (χ1v) is 6.70. The number of thiazole rings is 1. The van der Waals surface area contributed by atoms with Crippen LogP contribution in [0.5, 0.6) is 0 Å². The van der Waals surface area contributed by atoms with Crippen LogP contribution in [0.25, 0.3) is 0 Å². The van der Waals surface area contributed by atoms with Crippen LogP contribution in [-0.2, 0) is 17.0 Å². The van der Waals surface area contributed by atoms with Crippen LogP contribution in [0.1, 0.15) is 31.0 Å². The third-order valence-electron chi connectivity index (χ3n) is 2.04. The van der Waals surface area contributed by atoms with Gasteiger partial charge in [0.25, 0.3) is 0 Å². The minimum absolute atomic E-state index is 0.505. The Morgan fingerprint density at radius 2 is 2.27 bits per heavy atom. The number of halogens is 1. The Labute approximate surface area is 101 Å². The molecule has 2 nitrogen and oxygen atoms in total. The fourth-order valence-electron chi connectivity index (χ4n) is 1.11. The average Bonchev–Trinajstić information content (AvgIpc) is 2.65. The summed E-state index contributed by atoms with van der Waals surface area (Å²) in [5.41, 5.74) is 0.971. The zero-order chi connectivity index (χ0) is 11.1. The zero-order valence-electron chi connectivity index (χ0n) is 9.33. The standard InChI is InChI=1S/C11H18ClNOS/c1-9(2)3-5-14-6-4-11-13-10(7-12)8-15-11/h8-9H,3-7H2,1-2H3. The third kappa shape index (κ3) is 5.50. The molecule has 0 spiro atoms. The highest BCUT2D eigenvalue weighted by molar-refractivity contribution is 7.09. The largest absolute Gasteiger partial charge is 0.381 e. The fraction of sp³-hybridized carbons (Fsp3) is 0.727. The quantitative estimate of drug-likeness (QED) is 0.544. The molecule has 0 aromatic carbocycles. The lowest BCUT2D eigenvalue weighted by molar-refractivity contribution is 0.126. The lowest BCUT2D eigenvalue weighted by Crippen LogP contribution is -2.02. The molecule has 4 heteroatoms. The van der Waals surface area contributed by atoms with Gasteiger partial charge >= 0.3 is 0 Å². The van der Waals surface area contributed by atoms with Gasteiger partial charge in [-0.2, -0.15) is 0 Å². The molecule has 0 bridgehead atoms. The summed E-state index contributed by atoms with van der Waals surface area (Å²) in [4.78, 5) is 4.37. The van der Waals surface area contributed by atoms with E-state index in [-0.39, 0.29) is 0 Å². The van der Waals surface area contributed by atoms with Crippen molar-refractivity contribution >= 4 is 22.9 Å². The lowest BCUT2D eigenvalue weighted by atomic mass is 10.1. The summed E-state index contributed by atoms with van der Waals surface area (Å²) in [6, 6.07) is 0. The van der Waals surface area contributed by atoms with Crippen molar-refractivity contribution in [2.45, 2.75) is 32.6 Å². The molecule has 1 aromatic heterocycles. The highest BCUT2D eigenvalue weighted by Gasteiger charge is 2.01. The maximum atomic E-state index is 5.67. The monoisotopic (exact) mass is 247 g/mol. The Kier molecular flexibility index (Phi) is 6.22. The molecule has 0 aliphatic carbocycles. The summed E-state index contributed by atoms with van der Waals surface area (Å²) in [5, 5.41) is 3.13. The molecular weight excluding hydrogens is 230 g/mol. The summed E-state index contributed by atoms with van der Waals surface area (Å²) in [5.74, 6) is 1.22. The summed E-state index contributed by atoms with van der Waals surface area (Å²) >= 11 is 7.33. The van der Waals surface area contributed by atoms with Crippen molar-refractivity contribution in [2.75, 3.05) is 13.2 Å². The highest BCUT2D eigenvalue weighted by Crippen LogP contribution is 2.12. The Morgan fingerprint density at radius 3 is 2.87 bits per heavy atom. The average molecular weight is 248 g/mol. The van der Waals surface area contributed by atoms with E-state index < -0.39 is 0 Å². The van der Waals surface area contributed by atoms with Crippen LogP contribution in [0.2, 0.25) is 0 Å². The van der Waals surface area contributed by atoms with Crippen molar-refractivity contribution in [1.82, 2.24) is 4.98 Å². The lowest BCUT2D eigenvalue weighted by Gasteiger charge is -2.04. The molecule has 0 aliphatic heterocycles. The number of rotatable bonds is 7. The van der Waals surface area contributed by atoms with Crippen LogP contribution in [0.4, 0.5) is 0 Å². The number of hydrogen-bond acceptors (Lipinski definition) is 3. The number of aromatic nitrogens is 1. The molecule has 0 N–H and O–H groups in total. The van der Waals surface area contributed by atoms with Gasteiger partial charge in [0.1, 0.15) is 0 Å². The first-order chi connectivity index (χ1) is 7.22. The van der Waals surface area contributed by atoms with Gasteiger partial charge in [-0.1, -0.05) is 13.8 Å². The highest BCUT2D eigenvalue weighted by atomic mass is 35.5. The second-order valence-electron chi connectivity index (χ2n) is 3.91. The van der Waals surface area contributed by atoms with Crippen LogP contribution < -0.4 is 0 Å². The maximum absolute atomic E-state index is 5.67. The minimum Gasteiger partial charge on any atom is -0.381 e. The topological polar surface area (TPSA) is 22.1 Å². The molecule has 0 fully saturated rings. The van der Waals surface area contributed by atoms with Gasteiger partial charge in [0.05, 0.1) is 23.2 Å². The first kappa shape index (κ1) is 12.9. The van der Waals surface area contributed by atoms with Gasteiger partial charge in [-0.3, -0.25) is 0 Å². The second-order valence-corrected chi connectivity index (χ2v) is 5.12. The Hall–Kier alpha value is -0.120. The fourth-order valence-corrected chi connectivity index (χ4v) is 2.11. The summed E-state index contributed by atoms with van der Waals surface area (Å²) in [6.07, 6.45) is 2.03. The second kappa shape index (κ2) is 7.20. The van der Waals surface area contributed by atoms with Gasteiger partial charge in [0.2, 0.25) is 0 Å². The van der Waals surface area contributed by atoms with E-state index in [1.807, 2.05) is 5.38 Å². The Morgan fingerprint density at radius 1 is 1.47 bits per heavy atom. The summed E-state index contributed by atoms with van der Waals surface area (Å²) < 4.78 is 5.52. The van der Waals surface area contributed by atoms with E-state index in [1.54, 1.807) is 11.3 Å². The molecule has 1 rings (SSSR count). The molecule has 0 amide bonds. The van der Waals surface area contributed by atoms with Gasteiger partial charge in [0.15, 0.2) is 0 Å². The van der Waals surface area contributed by atoms with Crippen LogP contribution in [0, 0.1) is 5.92 Å². The van der Waals surface area contributed by atoms with E-state index in [4.69, 9.17) is 16.3 Å². The van der Waals surface area contributed by atoms with Crippen LogP contribution >= 0.6 is 22.9 Å². The van der Waals surface area contributed by atoms with Crippen molar-refractivity contribution < 1.29 is 4.74 Å². The number of hydrogen-bond donors (Lipinski definition) is 0. The predicted octanol–water partition coefficient (Wildman–Crippen LogP) is 3.49. The third-order valence-corrected chi connectivity index (χ3v) is 3.27. The van der Waals surface area contributed by atoms with Crippen LogP contribution in [0.15, 0.2) is 5.38 Å². The van der Waals surface area contributed by atoms with E-state index in [9.17, 15) is 0 Å². The van der Waals surface area contributed by atoms with Gasteiger partial charge < -0.3 is 4.74 Å². The van der Waals surface area contributed by atoms with Crippen LogP contribution in [-0.4, -0.2) is 18.2 Å². The predicted molar refractivity (Wildman–Crippen MR) is 65.6 cm³/mol. The van der Waals surface area contributed by atoms with Gasteiger partial charge in [-0.25, -0.2) is 4.98 Å². The van der Waals surface area contributed by atoms with Crippen molar-refractivity contribution in [2.24, 2.45) is 5.92 Å². The molecule has 1 heterocycles. The molecule has 0 atom stereocenters. The van der Waals surface area contributed by atoms with Crippen molar-refractivity contribution in [1.29, 1.82) is 0 Å². The Balaban J connectivity index is 2.09. The van der Waals surface area contributed by atoms with E-state index in [2.05, 4.69) is 18.8 Å². The Bertz CT molecular complexity index is 275. The molecule has 0 saturated heterocycles. The van der Waals surface area contributed by atoms with E-state index in [0.29, 0.717) is 11.8 Å². The SMILES string of the molecule is CC(C)CCOCCc1nc(CCl)cs1. The van der Waals surface area contributed by atoms with Crippen LogP contribution in [0.3, 0.4) is 0 Å². The molecule has 15 heavy (non-hydrogen) atoms. The van der Waals surface area contributed by atoms with Gasteiger partial charge in [0, 0.05) is 18.4 Å². The van der Waals surface area contributed by atoms with E-state index in [0.717, 1.165) is 36.8 Å². The van der Waals surface area contributed by atoms with Crippen molar-refractivity contribution in [3.8, 4) is 0 Å². The number of nitrogens with zero attached hydrogens (tertiary/aromatic N) is 1. The van der Waals surface area contributed by atoms with Gasteiger partial charge in [-0.05, 0) is 12.3 Å². The molecule has 0 aliphatic rings. The van der Waals surface area contributed by atoms with E-state index in [1.165, 1.54) is 0 Å². The summed E-state index contributed by atoms with van der Waals surface area (Å²) in [7, 11) is 0.